The third kappa shape index (κ3) is 8.15. The molecule has 2 amide bonds. The molecule has 8 nitrogen and oxygen atoms in total. The minimum absolute atomic E-state index is 0.0246. The van der Waals surface area contributed by atoms with Gasteiger partial charge >= 0.3 is 0 Å². The highest BCUT2D eigenvalue weighted by atomic mass is 35.5. The Morgan fingerprint density at radius 3 is 2.16 bits per heavy atom. The molecule has 0 bridgehead atoms. The molecule has 0 spiro atoms. The Kier molecular flexibility index (Phi) is 10.8. The van der Waals surface area contributed by atoms with Crippen LogP contribution >= 0.6 is 11.6 Å². The summed E-state index contributed by atoms with van der Waals surface area (Å²) in [5.74, 6) is -0.478. The summed E-state index contributed by atoms with van der Waals surface area (Å²) in [6.45, 7) is 1.64. The molecule has 0 aliphatic rings. The Hall–Kier alpha value is -4.34. The fourth-order valence-corrected chi connectivity index (χ4v) is 6.33. The molecule has 1 atom stereocenters. The lowest BCUT2D eigenvalue weighted by atomic mass is 10.0. The van der Waals surface area contributed by atoms with E-state index < -0.39 is 28.5 Å². The van der Waals surface area contributed by atoms with Crippen molar-refractivity contribution in [3.05, 3.63) is 125 Å². The maximum atomic E-state index is 14.4. The van der Waals surface area contributed by atoms with Crippen LogP contribution in [0.3, 0.4) is 0 Å². The molecule has 0 aliphatic heterocycles. The molecule has 10 heteroatoms. The van der Waals surface area contributed by atoms with Crippen molar-refractivity contribution in [3.63, 3.8) is 0 Å². The minimum atomic E-state index is -4.19. The monoisotopic (exact) mass is 619 g/mol. The number of methoxy groups -OCH3 is 1. The molecule has 4 rings (SSSR count). The van der Waals surface area contributed by atoms with Crippen molar-refractivity contribution in [1.82, 2.24) is 10.2 Å². The van der Waals surface area contributed by atoms with Gasteiger partial charge in [-0.2, -0.15) is 0 Å². The minimum Gasteiger partial charge on any atom is -0.497 e. The zero-order chi connectivity index (χ0) is 30.8. The van der Waals surface area contributed by atoms with Crippen LogP contribution in [-0.2, 0) is 32.6 Å². The van der Waals surface area contributed by atoms with Crippen molar-refractivity contribution in [2.75, 3.05) is 24.5 Å². The molecular weight excluding hydrogens is 586 g/mol. The molecule has 0 unspecified atom stereocenters. The van der Waals surface area contributed by atoms with Gasteiger partial charge in [0.15, 0.2) is 0 Å². The molecule has 0 aliphatic carbocycles. The Labute approximate surface area is 257 Å². The quantitative estimate of drug-likeness (QED) is 0.219. The molecule has 4 aromatic carbocycles. The second-order valence-corrected chi connectivity index (χ2v) is 12.1. The van der Waals surface area contributed by atoms with E-state index in [4.69, 9.17) is 16.3 Å². The number of ether oxygens (including phenoxy) is 1. The second kappa shape index (κ2) is 14.7. The van der Waals surface area contributed by atoms with Crippen LogP contribution < -0.4 is 14.4 Å². The van der Waals surface area contributed by atoms with Crippen molar-refractivity contribution in [2.45, 2.75) is 30.8 Å². The summed E-state index contributed by atoms with van der Waals surface area (Å²) in [4.78, 5) is 29.3. The van der Waals surface area contributed by atoms with E-state index in [9.17, 15) is 18.0 Å². The Morgan fingerprint density at radius 1 is 0.860 bits per heavy atom. The third-order valence-electron chi connectivity index (χ3n) is 6.82. The summed E-state index contributed by atoms with van der Waals surface area (Å²) in [5.41, 5.74) is 1.79. The van der Waals surface area contributed by atoms with Gasteiger partial charge < -0.3 is 15.0 Å². The van der Waals surface area contributed by atoms with Gasteiger partial charge in [0.2, 0.25) is 11.8 Å². The first-order valence-electron chi connectivity index (χ1n) is 13.8. The number of anilines is 1. The first-order chi connectivity index (χ1) is 20.7. The van der Waals surface area contributed by atoms with Crippen molar-refractivity contribution in [2.24, 2.45) is 0 Å². The van der Waals surface area contributed by atoms with Crippen molar-refractivity contribution >= 4 is 39.1 Å². The molecular formula is C33H34ClN3O5S. The predicted molar refractivity (Wildman–Crippen MR) is 169 cm³/mol. The third-order valence-corrected chi connectivity index (χ3v) is 8.84. The van der Waals surface area contributed by atoms with Crippen molar-refractivity contribution < 1.29 is 22.7 Å². The molecule has 0 radical (unpaired) electrons. The van der Waals surface area contributed by atoms with Crippen LogP contribution in [0.15, 0.2) is 114 Å². The van der Waals surface area contributed by atoms with Gasteiger partial charge in [0.25, 0.3) is 10.0 Å². The topological polar surface area (TPSA) is 96.0 Å². The van der Waals surface area contributed by atoms with Gasteiger partial charge in [0, 0.05) is 30.6 Å². The lowest BCUT2D eigenvalue weighted by Gasteiger charge is -2.34. The number of amides is 2. The van der Waals surface area contributed by atoms with Gasteiger partial charge in [-0.3, -0.25) is 13.9 Å². The van der Waals surface area contributed by atoms with Crippen LogP contribution in [0.1, 0.15) is 18.1 Å². The smallest absolute Gasteiger partial charge is 0.264 e. The van der Waals surface area contributed by atoms with E-state index in [1.165, 1.54) is 24.1 Å². The van der Waals surface area contributed by atoms with E-state index in [-0.39, 0.29) is 29.5 Å². The molecule has 0 aromatic heterocycles. The number of nitrogens with one attached hydrogen (secondary N) is 1. The maximum Gasteiger partial charge on any atom is 0.264 e. The summed E-state index contributed by atoms with van der Waals surface area (Å²) in [6.07, 6.45) is 0.226. The first-order valence-corrected chi connectivity index (χ1v) is 15.6. The van der Waals surface area contributed by atoms with E-state index >= 15 is 0 Å². The molecule has 0 heterocycles. The molecule has 224 valence electrons. The van der Waals surface area contributed by atoms with Gasteiger partial charge in [-0.1, -0.05) is 78.3 Å². The maximum absolute atomic E-state index is 14.4. The summed E-state index contributed by atoms with van der Waals surface area (Å²) < 4.78 is 34.4. The lowest BCUT2D eigenvalue weighted by molar-refractivity contribution is -0.140. The molecule has 1 N–H and O–H groups in total. The standard InChI is InChI=1S/C33H34ClN3O5S/c1-3-35-33(39)31(21-25-12-6-4-7-13-25)36(23-26-14-10-15-27(34)20-26)32(38)24-37(28-16-11-17-29(22-28)42-2)43(40,41)30-18-8-5-9-19-30/h4-20,22,31H,3,21,23-24H2,1-2H3,(H,35,39)/t31-/m1/s1. The Bertz CT molecular complexity index is 1630. The number of likely N-dealkylation sites (N-methyl/N-ethyl adjacent to an activating group) is 1. The second-order valence-electron chi connectivity index (χ2n) is 9.78. The molecule has 0 saturated carbocycles. The summed E-state index contributed by atoms with van der Waals surface area (Å²) in [6, 6.07) is 29.9. The molecule has 0 fully saturated rings. The average molecular weight is 620 g/mol. The van der Waals surface area contributed by atoms with Crippen LogP contribution in [-0.4, -0.2) is 51.4 Å². The fraction of sp³-hybridized carbons (Fsp3) is 0.212. The SMILES string of the molecule is CCNC(=O)[C@@H](Cc1ccccc1)N(Cc1cccc(Cl)c1)C(=O)CN(c1cccc(OC)c1)S(=O)(=O)c1ccccc1. The van der Waals surface area contributed by atoms with Crippen LogP contribution in [0, 0.1) is 0 Å². The van der Waals surface area contributed by atoms with Crippen LogP contribution in [0.4, 0.5) is 5.69 Å². The van der Waals surface area contributed by atoms with E-state index in [1.54, 1.807) is 67.6 Å². The lowest BCUT2D eigenvalue weighted by Crippen LogP contribution is -2.53. The van der Waals surface area contributed by atoms with Gasteiger partial charge in [-0.15, -0.1) is 0 Å². The van der Waals surface area contributed by atoms with E-state index in [0.29, 0.717) is 22.9 Å². The Balaban J connectivity index is 1.80. The summed E-state index contributed by atoms with van der Waals surface area (Å²) in [5, 5.41) is 3.33. The first kappa shape index (κ1) is 31.6. The zero-order valence-corrected chi connectivity index (χ0v) is 25.6. The number of hydrogen-bond acceptors (Lipinski definition) is 5. The number of carbonyl (C=O) groups is 2. The van der Waals surface area contributed by atoms with Gasteiger partial charge in [-0.05, 0) is 54.4 Å². The molecule has 43 heavy (non-hydrogen) atoms. The van der Waals surface area contributed by atoms with Crippen molar-refractivity contribution in [3.8, 4) is 5.75 Å². The highest BCUT2D eigenvalue weighted by Crippen LogP contribution is 2.28. The molecule has 0 saturated heterocycles. The highest BCUT2D eigenvalue weighted by Gasteiger charge is 2.34. The number of nitrogens with zero attached hydrogens (tertiary/aromatic N) is 2. The van der Waals surface area contributed by atoms with Gasteiger partial charge in [-0.25, -0.2) is 8.42 Å². The number of halogens is 1. The van der Waals surface area contributed by atoms with E-state index in [0.717, 1.165) is 9.87 Å². The van der Waals surface area contributed by atoms with Crippen LogP contribution in [0.2, 0.25) is 5.02 Å². The normalized spacial score (nSPS) is 11.8. The highest BCUT2D eigenvalue weighted by molar-refractivity contribution is 7.92. The van der Waals surface area contributed by atoms with Crippen LogP contribution in [0.5, 0.6) is 5.75 Å². The number of benzene rings is 4. The number of hydrogen-bond donors (Lipinski definition) is 1. The number of carbonyl (C=O) groups excluding carboxylic acids is 2. The number of sulfonamides is 1. The van der Waals surface area contributed by atoms with Gasteiger partial charge in [0.1, 0.15) is 18.3 Å². The molecule has 4 aromatic rings. The van der Waals surface area contributed by atoms with E-state index in [2.05, 4.69) is 5.32 Å². The Morgan fingerprint density at radius 2 is 1.51 bits per heavy atom. The zero-order valence-electron chi connectivity index (χ0n) is 24.0. The number of rotatable bonds is 13. The average Bonchev–Trinajstić information content (AvgIpc) is 3.02. The summed E-state index contributed by atoms with van der Waals surface area (Å²) in [7, 11) is -2.71. The van der Waals surface area contributed by atoms with Gasteiger partial charge in [0.05, 0.1) is 17.7 Å². The largest absolute Gasteiger partial charge is 0.497 e. The van der Waals surface area contributed by atoms with Crippen molar-refractivity contribution in [1.29, 1.82) is 0 Å². The van der Waals surface area contributed by atoms with Crippen LogP contribution in [0.25, 0.3) is 0 Å². The predicted octanol–water partition coefficient (Wildman–Crippen LogP) is 5.32. The van der Waals surface area contributed by atoms with E-state index in [1.807, 2.05) is 36.4 Å². The summed E-state index contributed by atoms with van der Waals surface area (Å²) >= 11 is 6.27. The fourth-order valence-electron chi connectivity index (χ4n) is 4.69.